The summed E-state index contributed by atoms with van der Waals surface area (Å²) in [6, 6.07) is 2.16. The molecular formula is C11H20N4OS. The van der Waals surface area contributed by atoms with Crippen molar-refractivity contribution in [2.24, 2.45) is 0 Å². The Labute approximate surface area is 108 Å². The molecule has 0 amide bonds. The van der Waals surface area contributed by atoms with E-state index in [0.29, 0.717) is 5.11 Å². The largest absolute Gasteiger partial charge is 0.385 e. The Morgan fingerprint density at radius 1 is 1.59 bits per heavy atom. The third-order valence-electron chi connectivity index (χ3n) is 2.21. The number of nitrogens with zero attached hydrogens (tertiary/aromatic N) is 2. The highest BCUT2D eigenvalue weighted by Gasteiger charge is 2.04. The van der Waals surface area contributed by atoms with E-state index < -0.39 is 0 Å². The van der Waals surface area contributed by atoms with Gasteiger partial charge < -0.3 is 15.4 Å². The molecule has 1 rings (SSSR count). The van der Waals surface area contributed by atoms with E-state index in [9.17, 15) is 0 Å². The van der Waals surface area contributed by atoms with Gasteiger partial charge in [-0.05, 0) is 31.6 Å². The number of nitrogens with one attached hydrogen (secondary N) is 2. The summed E-state index contributed by atoms with van der Waals surface area (Å²) < 4.78 is 6.84. The van der Waals surface area contributed by atoms with Crippen molar-refractivity contribution >= 4 is 17.3 Å². The van der Waals surface area contributed by atoms with Gasteiger partial charge in [-0.25, -0.2) is 0 Å². The van der Waals surface area contributed by atoms with Gasteiger partial charge in [-0.1, -0.05) is 0 Å². The molecule has 0 aromatic carbocycles. The maximum absolute atomic E-state index is 5.18. The number of thiocarbonyl (C=S) groups is 1. The summed E-state index contributed by atoms with van der Waals surface area (Å²) in [5.74, 6) is 0. The number of aromatic nitrogens is 2. The summed E-state index contributed by atoms with van der Waals surface area (Å²) in [4.78, 5) is 0. The van der Waals surface area contributed by atoms with Crippen LogP contribution in [-0.2, 0) is 11.3 Å². The maximum atomic E-state index is 5.18. The quantitative estimate of drug-likeness (QED) is 0.557. The van der Waals surface area contributed by atoms with E-state index in [4.69, 9.17) is 17.0 Å². The Morgan fingerprint density at radius 2 is 2.41 bits per heavy atom. The number of methoxy groups -OCH3 is 1. The van der Waals surface area contributed by atoms with Gasteiger partial charge in [0.25, 0.3) is 0 Å². The summed E-state index contributed by atoms with van der Waals surface area (Å²) >= 11 is 5.18. The molecule has 2 N–H and O–H groups in total. The van der Waals surface area contributed by atoms with E-state index in [-0.39, 0.29) is 6.04 Å². The van der Waals surface area contributed by atoms with Crippen molar-refractivity contribution in [1.82, 2.24) is 20.4 Å². The Kier molecular flexibility index (Phi) is 6.57. The molecule has 1 aromatic heterocycles. The first-order valence-corrected chi connectivity index (χ1v) is 6.14. The molecule has 6 heteroatoms. The van der Waals surface area contributed by atoms with E-state index >= 15 is 0 Å². The van der Waals surface area contributed by atoms with Crippen molar-refractivity contribution in [2.45, 2.75) is 25.9 Å². The molecule has 17 heavy (non-hydrogen) atoms. The summed E-state index contributed by atoms with van der Waals surface area (Å²) in [7, 11) is 1.70. The Balaban J connectivity index is 2.13. The molecule has 0 radical (unpaired) electrons. The minimum atomic E-state index is 0.248. The van der Waals surface area contributed by atoms with Crippen LogP contribution in [0.1, 0.15) is 13.3 Å². The zero-order valence-electron chi connectivity index (χ0n) is 10.3. The SMILES string of the molecule is COCCCNC(=S)NC(C)Cn1cccn1. The molecule has 0 aliphatic carbocycles. The van der Waals surface area contributed by atoms with Crippen LogP contribution in [0.2, 0.25) is 0 Å². The fraction of sp³-hybridized carbons (Fsp3) is 0.636. The van der Waals surface area contributed by atoms with Gasteiger partial charge in [-0.2, -0.15) is 5.10 Å². The molecule has 0 aliphatic heterocycles. The first kappa shape index (κ1) is 13.9. The normalized spacial score (nSPS) is 12.1. The summed E-state index contributed by atoms with van der Waals surface area (Å²) in [6.45, 7) is 4.45. The van der Waals surface area contributed by atoms with Gasteiger partial charge in [0.2, 0.25) is 0 Å². The molecule has 0 saturated carbocycles. The Hall–Kier alpha value is -1.14. The zero-order chi connectivity index (χ0) is 12.5. The van der Waals surface area contributed by atoms with Crippen LogP contribution < -0.4 is 10.6 Å². The number of ether oxygens (including phenoxy) is 1. The highest BCUT2D eigenvalue weighted by atomic mass is 32.1. The van der Waals surface area contributed by atoms with Crippen LogP contribution in [0.15, 0.2) is 18.5 Å². The molecule has 1 unspecified atom stereocenters. The third kappa shape index (κ3) is 6.23. The van der Waals surface area contributed by atoms with Crippen LogP contribution in [0.5, 0.6) is 0 Å². The lowest BCUT2D eigenvalue weighted by Gasteiger charge is -2.16. The molecule has 1 atom stereocenters. The second kappa shape index (κ2) is 8.03. The topological polar surface area (TPSA) is 51.1 Å². The van der Waals surface area contributed by atoms with Crippen molar-refractivity contribution in [3.63, 3.8) is 0 Å². The van der Waals surface area contributed by atoms with E-state index in [1.165, 1.54) is 0 Å². The average Bonchev–Trinajstić information content (AvgIpc) is 2.77. The second-order valence-electron chi connectivity index (χ2n) is 3.88. The molecular weight excluding hydrogens is 236 g/mol. The van der Waals surface area contributed by atoms with Crippen molar-refractivity contribution in [3.8, 4) is 0 Å². The average molecular weight is 256 g/mol. The van der Waals surface area contributed by atoms with Crippen LogP contribution in [0, 0.1) is 0 Å². The van der Waals surface area contributed by atoms with E-state index in [1.807, 2.05) is 16.9 Å². The monoisotopic (exact) mass is 256 g/mol. The molecule has 5 nitrogen and oxygen atoms in total. The molecule has 0 saturated heterocycles. The second-order valence-corrected chi connectivity index (χ2v) is 4.28. The molecule has 1 heterocycles. The van der Waals surface area contributed by atoms with Gasteiger partial charge in [-0.15, -0.1) is 0 Å². The van der Waals surface area contributed by atoms with E-state index in [1.54, 1.807) is 13.3 Å². The summed E-state index contributed by atoms with van der Waals surface area (Å²) in [5, 5.41) is 11.2. The molecule has 0 spiro atoms. The highest BCUT2D eigenvalue weighted by molar-refractivity contribution is 7.80. The van der Waals surface area contributed by atoms with Gasteiger partial charge in [-0.3, -0.25) is 4.68 Å². The van der Waals surface area contributed by atoms with Crippen LogP contribution in [-0.4, -0.2) is 41.2 Å². The van der Waals surface area contributed by atoms with Crippen molar-refractivity contribution in [1.29, 1.82) is 0 Å². The molecule has 0 bridgehead atoms. The van der Waals surface area contributed by atoms with Gasteiger partial charge >= 0.3 is 0 Å². The fourth-order valence-corrected chi connectivity index (χ4v) is 1.73. The number of hydrogen-bond donors (Lipinski definition) is 2. The molecule has 0 aliphatic rings. The van der Waals surface area contributed by atoms with Gasteiger partial charge in [0.1, 0.15) is 0 Å². The molecule has 96 valence electrons. The lowest BCUT2D eigenvalue weighted by Crippen LogP contribution is -2.42. The predicted molar refractivity (Wildman–Crippen MR) is 71.9 cm³/mol. The molecule has 0 fully saturated rings. The maximum Gasteiger partial charge on any atom is 0.166 e. The lowest BCUT2D eigenvalue weighted by atomic mass is 10.3. The van der Waals surface area contributed by atoms with Gasteiger partial charge in [0.05, 0.1) is 6.54 Å². The lowest BCUT2D eigenvalue weighted by molar-refractivity contribution is 0.195. The first-order chi connectivity index (χ1) is 8.22. The van der Waals surface area contributed by atoms with Gasteiger partial charge in [0.15, 0.2) is 5.11 Å². The van der Waals surface area contributed by atoms with Crippen LogP contribution >= 0.6 is 12.2 Å². The summed E-state index contributed by atoms with van der Waals surface area (Å²) in [6.07, 6.45) is 4.66. The Morgan fingerprint density at radius 3 is 3.06 bits per heavy atom. The minimum Gasteiger partial charge on any atom is -0.385 e. The van der Waals surface area contributed by atoms with Crippen molar-refractivity contribution < 1.29 is 4.74 Å². The predicted octanol–water partition coefficient (Wildman–Crippen LogP) is 0.772. The van der Waals surface area contributed by atoms with Crippen molar-refractivity contribution in [3.05, 3.63) is 18.5 Å². The minimum absolute atomic E-state index is 0.248. The first-order valence-electron chi connectivity index (χ1n) is 5.73. The van der Waals surface area contributed by atoms with E-state index in [0.717, 1.165) is 26.1 Å². The standard InChI is InChI=1S/C11H20N4OS/c1-10(9-15-7-3-6-13-15)14-11(17)12-5-4-8-16-2/h3,6-7,10H,4-5,8-9H2,1-2H3,(H2,12,14,17). The fourth-order valence-electron chi connectivity index (χ4n) is 1.43. The number of rotatable bonds is 7. The highest BCUT2D eigenvalue weighted by Crippen LogP contribution is 1.90. The molecule has 1 aromatic rings. The van der Waals surface area contributed by atoms with E-state index in [2.05, 4.69) is 22.7 Å². The van der Waals surface area contributed by atoms with Crippen molar-refractivity contribution in [2.75, 3.05) is 20.3 Å². The van der Waals surface area contributed by atoms with Crippen LogP contribution in [0.25, 0.3) is 0 Å². The Bertz CT molecular complexity index is 315. The van der Waals surface area contributed by atoms with Crippen LogP contribution in [0.3, 0.4) is 0 Å². The summed E-state index contributed by atoms with van der Waals surface area (Å²) in [5.41, 5.74) is 0. The van der Waals surface area contributed by atoms with Crippen LogP contribution in [0.4, 0.5) is 0 Å². The third-order valence-corrected chi connectivity index (χ3v) is 2.47. The zero-order valence-corrected chi connectivity index (χ0v) is 11.2. The van der Waals surface area contributed by atoms with Gasteiger partial charge in [0, 0.05) is 38.7 Å². The number of hydrogen-bond acceptors (Lipinski definition) is 3. The smallest absolute Gasteiger partial charge is 0.166 e.